The summed E-state index contributed by atoms with van der Waals surface area (Å²) < 4.78 is 2.35. The lowest BCUT2D eigenvalue weighted by molar-refractivity contribution is -0.665. The Morgan fingerprint density at radius 3 is 2.36 bits per heavy atom. The highest BCUT2D eigenvalue weighted by atomic mass is 14.9. The molecule has 0 N–H and O–H groups in total. The van der Waals surface area contributed by atoms with Crippen LogP contribution in [0.1, 0.15) is 67.8 Å². The van der Waals surface area contributed by atoms with Gasteiger partial charge in [-0.2, -0.15) is 4.57 Å². The standard InChI is InChI=1S/C27H34N/c1-18-8-7-9-24(20(18)3)26-25-11-10-22(17-23(25)16-19(2)28(26)6)21-12-14-27(4,5)15-13-21/h7-11,16-17,21H,12-15H2,1-6H3/q+1. The first kappa shape index (κ1) is 19.2. The highest BCUT2D eigenvalue weighted by Crippen LogP contribution is 2.43. The number of rotatable bonds is 2. The van der Waals surface area contributed by atoms with E-state index in [0.717, 1.165) is 5.92 Å². The second-order valence-corrected chi connectivity index (χ2v) is 9.73. The molecule has 3 aromatic rings. The molecule has 2 aromatic carbocycles. The van der Waals surface area contributed by atoms with Crippen LogP contribution in [0.15, 0.2) is 42.5 Å². The summed E-state index contributed by atoms with van der Waals surface area (Å²) in [6.45, 7) is 11.5. The first-order valence-electron chi connectivity index (χ1n) is 10.8. The smallest absolute Gasteiger partial charge is 0.198 e. The van der Waals surface area contributed by atoms with Crippen molar-refractivity contribution in [1.82, 2.24) is 0 Å². The average Bonchev–Trinajstić information content (AvgIpc) is 2.65. The molecule has 1 fully saturated rings. The molecule has 1 aliphatic rings. The molecule has 0 radical (unpaired) electrons. The fourth-order valence-corrected chi connectivity index (χ4v) is 4.92. The SMILES string of the molecule is Cc1cccc(-c2c3ccc(C4CCC(C)(C)CC4)cc3cc(C)[n+]2C)c1C. The minimum absolute atomic E-state index is 0.521. The van der Waals surface area contributed by atoms with Gasteiger partial charge in [0.1, 0.15) is 7.05 Å². The van der Waals surface area contributed by atoms with E-state index in [-0.39, 0.29) is 0 Å². The van der Waals surface area contributed by atoms with E-state index >= 15 is 0 Å². The van der Waals surface area contributed by atoms with E-state index in [1.165, 1.54) is 70.1 Å². The van der Waals surface area contributed by atoms with E-state index in [9.17, 15) is 0 Å². The fourth-order valence-electron chi connectivity index (χ4n) is 4.92. The summed E-state index contributed by atoms with van der Waals surface area (Å²) in [4.78, 5) is 0. The van der Waals surface area contributed by atoms with Gasteiger partial charge in [-0.05, 0) is 85.1 Å². The monoisotopic (exact) mass is 372 g/mol. The number of benzene rings is 2. The van der Waals surface area contributed by atoms with Gasteiger partial charge in [0, 0.05) is 18.6 Å². The van der Waals surface area contributed by atoms with Crippen LogP contribution in [0.25, 0.3) is 22.0 Å². The van der Waals surface area contributed by atoms with Crippen molar-refractivity contribution in [2.45, 2.75) is 66.2 Å². The number of aryl methyl sites for hydroxylation is 2. The molecule has 1 saturated carbocycles. The van der Waals surface area contributed by atoms with Crippen molar-refractivity contribution < 1.29 is 4.57 Å². The van der Waals surface area contributed by atoms with Crippen LogP contribution in [0.3, 0.4) is 0 Å². The summed E-state index contributed by atoms with van der Waals surface area (Å²) >= 11 is 0. The molecule has 28 heavy (non-hydrogen) atoms. The molecule has 0 aliphatic heterocycles. The fraction of sp³-hybridized carbons (Fsp3) is 0.444. The van der Waals surface area contributed by atoms with Crippen LogP contribution in [-0.4, -0.2) is 0 Å². The molecule has 0 amide bonds. The lowest BCUT2D eigenvalue weighted by Gasteiger charge is -2.34. The largest absolute Gasteiger partial charge is 0.220 e. The van der Waals surface area contributed by atoms with Crippen LogP contribution < -0.4 is 4.57 Å². The predicted octanol–water partition coefficient (Wildman–Crippen LogP) is 6.94. The topological polar surface area (TPSA) is 3.88 Å². The molecule has 0 spiro atoms. The zero-order valence-corrected chi connectivity index (χ0v) is 18.4. The average molecular weight is 373 g/mol. The first-order chi connectivity index (χ1) is 13.3. The van der Waals surface area contributed by atoms with E-state index in [4.69, 9.17) is 0 Å². The minimum Gasteiger partial charge on any atom is -0.198 e. The molecule has 1 aliphatic carbocycles. The molecule has 0 bridgehead atoms. The van der Waals surface area contributed by atoms with Gasteiger partial charge in [-0.1, -0.05) is 38.1 Å². The molecule has 0 unspecified atom stereocenters. The predicted molar refractivity (Wildman–Crippen MR) is 120 cm³/mol. The normalized spacial score (nSPS) is 17.2. The van der Waals surface area contributed by atoms with Crippen LogP contribution in [0.2, 0.25) is 0 Å². The second kappa shape index (κ2) is 7.03. The van der Waals surface area contributed by atoms with Gasteiger partial charge < -0.3 is 0 Å². The maximum Gasteiger partial charge on any atom is 0.220 e. The number of hydrogen-bond acceptors (Lipinski definition) is 0. The van der Waals surface area contributed by atoms with Gasteiger partial charge in [0.15, 0.2) is 5.69 Å². The zero-order chi connectivity index (χ0) is 20.1. The number of hydrogen-bond donors (Lipinski definition) is 0. The summed E-state index contributed by atoms with van der Waals surface area (Å²) in [5.74, 6) is 0.718. The molecular formula is C27H34N+. The van der Waals surface area contributed by atoms with Gasteiger partial charge >= 0.3 is 0 Å². The summed E-state index contributed by atoms with van der Waals surface area (Å²) in [6.07, 6.45) is 5.32. The maximum absolute atomic E-state index is 2.47. The third-order valence-electron chi connectivity index (χ3n) is 7.23. The first-order valence-corrected chi connectivity index (χ1v) is 10.8. The van der Waals surface area contributed by atoms with Crippen LogP contribution in [-0.2, 0) is 7.05 Å². The van der Waals surface area contributed by atoms with E-state index in [0.29, 0.717) is 5.41 Å². The van der Waals surface area contributed by atoms with Crippen molar-refractivity contribution >= 4 is 10.8 Å². The van der Waals surface area contributed by atoms with Crippen molar-refractivity contribution in [2.75, 3.05) is 0 Å². The van der Waals surface area contributed by atoms with Crippen molar-refractivity contribution in [3.8, 4) is 11.3 Å². The third kappa shape index (κ3) is 3.36. The molecule has 1 nitrogen and oxygen atoms in total. The van der Waals surface area contributed by atoms with E-state index in [1.54, 1.807) is 0 Å². The van der Waals surface area contributed by atoms with Crippen molar-refractivity contribution in [3.05, 3.63) is 64.8 Å². The molecule has 0 atom stereocenters. The van der Waals surface area contributed by atoms with Crippen molar-refractivity contribution in [2.24, 2.45) is 12.5 Å². The van der Waals surface area contributed by atoms with Crippen LogP contribution in [0.5, 0.6) is 0 Å². The van der Waals surface area contributed by atoms with Gasteiger partial charge in [0.2, 0.25) is 5.69 Å². The van der Waals surface area contributed by atoms with Crippen LogP contribution in [0.4, 0.5) is 0 Å². The second-order valence-electron chi connectivity index (χ2n) is 9.73. The van der Waals surface area contributed by atoms with Crippen LogP contribution >= 0.6 is 0 Å². The lowest BCUT2D eigenvalue weighted by Crippen LogP contribution is -2.35. The Kier molecular flexibility index (Phi) is 4.81. The third-order valence-corrected chi connectivity index (χ3v) is 7.23. The van der Waals surface area contributed by atoms with Gasteiger partial charge in [-0.25, -0.2) is 0 Å². The highest BCUT2D eigenvalue weighted by Gasteiger charge is 2.28. The van der Waals surface area contributed by atoms with E-state index in [2.05, 4.69) is 88.7 Å². The van der Waals surface area contributed by atoms with Crippen LogP contribution in [0, 0.1) is 26.2 Å². The van der Waals surface area contributed by atoms with E-state index < -0.39 is 0 Å². The van der Waals surface area contributed by atoms with Gasteiger partial charge in [-0.3, -0.25) is 0 Å². The quantitative estimate of drug-likeness (QED) is 0.429. The van der Waals surface area contributed by atoms with Gasteiger partial charge in [-0.15, -0.1) is 0 Å². The van der Waals surface area contributed by atoms with Crippen molar-refractivity contribution in [3.63, 3.8) is 0 Å². The summed E-state index contributed by atoms with van der Waals surface area (Å²) in [6, 6.07) is 16.3. The summed E-state index contributed by atoms with van der Waals surface area (Å²) in [7, 11) is 2.20. The van der Waals surface area contributed by atoms with Gasteiger partial charge in [0.05, 0.1) is 5.39 Å². The zero-order valence-electron chi connectivity index (χ0n) is 18.4. The van der Waals surface area contributed by atoms with Gasteiger partial charge in [0.25, 0.3) is 0 Å². The maximum atomic E-state index is 2.47. The molecule has 1 heteroatoms. The summed E-state index contributed by atoms with van der Waals surface area (Å²) in [5.41, 5.74) is 8.79. The number of fused-ring (bicyclic) bond motifs is 1. The Bertz CT molecular complexity index is 1030. The van der Waals surface area contributed by atoms with E-state index in [1.807, 2.05) is 0 Å². The Hall–Kier alpha value is -2.15. The highest BCUT2D eigenvalue weighted by molar-refractivity contribution is 5.94. The Morgan fingerprint density at radius 1 is 0.929 bits per heavy atom. The molecular weight excluding hydrogens is 338 g/mol. The Labute approximate surface area is 170 Å². The molecule has 146 valence electrons. The Balaban J connectivity index is 1.84. The number of nitrogens with zero attached hydrogens (tertiary/aromatic N) is 1. The molecule has 1 aromatic heterocycles. The minimum atomic E-state index is 0.521. The number of pyridine rings is 1. The van der Waals surface area contributed by atoms with Crippen molar-refractivity contribution in [1.29, 1.82) is 0 Å². The molecule has 4 rings (SSSR count). The number of aromatic nitrogens is 1. The Morgan fingerprint density at radius 2 is 1.64 bits per heavy atom. The molecule has 1 heterocycles. The lowest BCUT2D eigenvalue weighted by atomic mass is 9.71. The molecule has 0 saturated heterocycles. The summed E-state index contributed by atoms with van der Waals surface area (Å²) in [5, 5.41) is 2.75.